The Kier molecular flexibility index (Phi) is 5.31. The molecule has 0 saturated carbocycles. The van der Waals surface area contributed by atoms with Crippen LogP contribution in [0.1, 0.15) is 5.56 Å². The molecule has 1 fully saturated rings. The lowest BCUT2D eigenvalue weighted by Crippen LogP contribution is -2.48. The molecule has 1 aromatic heterocycles. The molecule has 6 heteroatoms. The maximum Gasteiger partial charge on any atom is 0.241 e. The number of pyridine rings is 1. The number of ether oxygens (including phenoxy) is 1. The van der Waals surface area contributed by atoms with Gasteiger partial charge in [0.2, 0.25) is 5.91 Å². The van der Waals surface area contributed by atoms with Crippen molar-refractivity contribution in [3.8, 4) is 0 Å². The number of nitrogens with zero attached hydrogens (tertiary/aromatic N) is 3. The second kappa shape index (κ2) is 7.21. The lowest BCUT2D eigenvalue weighted by Gasteiger charge is -2.32. The molecular formula is C14H22N4O2. The van der Waals surface area contributed by atoms with Gasteiger partial charge in [-0.15, -0.1) is 0 Å². The van der Waals surface area contributed by atoms with Gasteiger partial charge < -0.3 is 19.9 Å². The van der Waals surface area contributed by atoms with Crippen molar-refractivity contribution >= 4 is 11.7 Å². The van der Waals surface area contributed by atoms with Crippen LogP contribution in [0.2, 0.25) is 0 Å². The average molecular weight is 278 g/mol. The van der Waals surface area contributed by atoms with Gasteiger partial charge in [0.05, 0.1) is 13.2 Å². The Morgan fingerprint density at radius 1 is 1.40 bits per heavy atom. The molecule has 0 spiro atoms. The monoisotopic (exact) mass is 278 g/mol. The number of carbonyl (C=O) groups excluding carboxylic acids is 1. The van der Waals surface area contributed by atoms with Crippen molar-refractivity contribution in [1.82, 2.24) is 15.2 Å². The number of rotatable bonds is 6. The second-order valence-electron chi connectivity index (χ2n) is 4.93. The normalized spacial score (nSPS) is 15.8. The van der Waals surface area contributed by atoms with Crippen LogP contribution in [0.4, 0.5) is 5.82 Å². The second-order valence-corrected chi connectivity index (χ2v) is 4.93. The van der Waals surface area contributed by atoms with E-state index in [0.29, 0.717) is 13.2 Å². The van der Waals surface area contributed by atoms with Gasteiger partial charge in [-0.2, -0.15) is 0 Å². The van der Waals surface area contributed by atoms with Crippen LogP contribution in [0.25, 0.3) is 0 Å². The number of nitrogens with one attached hydrogen (secondary N) is 1. The van der Waals surface area contributed by atoms with E-state index in [2.05, 4.69) is 10.3 Å². The number of methoxy groups -OCH3 is 1. The van der Waals surface area contributed by atoms with Gasteiger partial charge in [-0.05, 0) is 11.6 Å². The van der Waals surface area contributed by atoms with E-state index >= 15 is 0 Å². The van der Waals surface area contributed by atoms with Crippen molar-refractivity contribution in [2.24, 2.45) is 0 Å². The van der Waals surface area contributed by atoms with Gasteiger partial charge in [-0.1, -0.05) is 6.07 Å². The highest BCUT2D eigenvalue weighted by Crippen LogP contribution is 2.14. The predicted molar refractivity (Wildman–Crippen MR) is 77.7 cm³/mol. The molecule has 1 N–H and O–H groups in total. The molecule has 0 radical (unpaired) electrons. The summed E-state index contributed by atoms with van der Waals surface area (Å²) in [4.78, 5) is 19.9. The van der Waals surface area contributed by atoms with E-state index in [1.165, 1.54) is 0 Å². The zero-order chi connectivity index (χ0) is 14.4. The molecule has 0 bridgehead atoms. The standard InChI is InChI=1S/C14H22N4O2/c1-17-6-7-18(11-14(17)19)13-4-3-12(10-16-13)9-15-5-8-20-2/h3-4,10,15H,5-9,11H2,1-2H3. The summed E-state index contributed by atoms with van der Waals surface area (Å²) in [6.07, 6.45) is 1.86. The zero-order valence-corrected chi connectivity index (χ0v) is 12.1. The Balaban J connectivity index is 1.86. The van der Waals surface area contributed by atoms with Crippen LogP contribution in [0.3, 0.4) is 0 Å². The molecule has 6 nitrogen and oxygen atoms in total. The number of hydrogen-bond donors (Lipinski definition) is 1. The summed E-state index contributed by atoms with van der Waals surface area (Å²) < 4.78 is 4.98. The third kappa shape index (κ3) is 3.91. The first kappa shape index (κ1) is 14.7. The smallest absolute Gasteiger partial charge is 0.241 e. The number of hydrogen-bond acceptors (Lipinski definition) is 5. The Bertz CT molecular complexity index is 435. The minimum absolute atomic E-state index is 0.142. The van der Waals surface area contributed by atoms with Crippen molar-refractivity contribution in [3.05, 3.63) is 23.9 Å². The van der Waals surface area contributed by atoms with Gasteiger partial charge in [0.1, 0.15) is 5.82 Å². The summed E-state index contributed by atoms with van der Waals surface area (Å²) in [5, 5.41) is 3.28. The summed E-state index contributed by atoms with van der Waals surface area (Å²) >= 11 is 0. The van der Waals surface area contributed by atoms with Crippen LogP contribution in [0.5, 0.6) is 0 Å². The van der Waals surface area contributed by atoms with Crippen molar-refractivity contribution in [2.75, 3.05) is 51.8 Å². The van der Waals surface area contributed by atoms with E-state index in [0.717, 1.165) is 37.6 Å². The SMILES string of the molecule is COCCNCc1ccc(N2CCN(C)C(=O)C2)nc1. The maximum atomic E-state index is 11.7. The lowest BCUT2D eigenvalue weighted by atomic mass is 10.2. The van der Waals surface area contributed by atoms with E-state index in [9.17, 15) is 4.79 Å². The van der Waals surface area contributed by atoms with Crippen molar-refractivity contribution in [1.29, 1.82) is 0 Å². The summed E-state index contributed by atoms with van der Waals surface area (Å²) in [6, 6.07) is 4.02. The molecule has 20 heavy (non-hydrogen) atoms. The molecule has 0 atom stereocenters. The summed E-state index contributed by atoms with van der Waals surface area (Å²) in [7, 11) is 3.53. The molecule has 1 aliphatic rings. The predicted octanol–water partition coefficient (Wildman–Crippen LogP) is 0.0960. The minimum atomic E-state index is 0.142. The van der Waals surface area contributed by atoms with Gasteiger partial charge in [0.25, 0.3) is 0 Å². The third-order valence-corrected chi connectivity index (χ3v) is 3.40. The van der Waals surface area contributed by atoms with E-state index < -0.39 is 0 Å². The average Bonchev–Trinajstić information content (AvgIpc) is 2.47. The van der Waals surface area contributed by atoms with Crippen LogP contribution in [0, 0.1) is 0 Å². The van der Waals surface area contributed by atoms with Gasteiger partial charge in [0.15, 0.2) is 0 Å². The molecule has 0 unspecified atom stereocenters. The number of amides is 1. The summed E-state index contributed by atoms with van der Waals surface area (Å²) in [5.41, 5.74) is 1.13. The quantitative estimate of drug-likeness (QED) is 0.748. The van der Waals surface area contributed by atoms with Gasteiger partial charge in [-0.25, -0.2) is 4.98 Å². The van der Waals surface area contributed by atoms with Gasteiger partial charge >= 0.3 is 0 Å². The van der Waals surface area contributed by atoms with Crippen molar-refractivity contribution in [2.45, 2.75) is 6.54 Å². The Morgan fingerprint density at radius 2 is 2.25 bits per heavy atom. The molecule has 2 rings (SSSR count). The van der Waals surface area contributed by atoms with Crippen LogP contribution >= 0.6 is 0 Å². The number of piperazine rings is 1. The first-order valence-corrected chi connectivity index (χ1v) is 6.84. The van der Waals surface area contributed by atoms with Crippen molar-refractivity contribution < 1.29 is 9.53 Å². The lowest BCUT2D eigenvalue weighted by molar-refractivity contribution is -0.129. The fraction of sp³-hybridized carbons (Fsp3) is 0.571. The molecule has 110 valence electrons. The Hall–Kier alpha value is -1.66. The van der Waals surface area contributed by atoms with Gasteiger partial charge in [-0.3, -0.25) is 4.79 Å². The summed E-state index contributed by atoms with van der Waals surface area (Å²) in [5.74, 6) is 1.01. The van der Waals surface area contributed by atoms with Gasteiger partial charge in [0, 0.05) is 46.5 Å². The van der Waals surface area contributed by atoms with E-state index in [-0.39, 0.29) is 5.91 Å². The molecule has 1 aromatic rings. The highest BCUT2D eigenvalue weighted by molar-refractivity contribution is 5.82. The molecule has 2 heterocycles. The number of likely N-dealkylation sites (N-methyl/N-ethyl adjacent to an activating group) is 1. The maximum absolute atomic E-state index is 11.7. The van der Waals surface area contributed by atoms with Crippen LogP contribution in [0.15, 0.2) is 18.3 Å². The number of aromatic nitrogens is 1. The minimum Gasteiger partial charge on any atom is -0.383 e. The van der Waals surface area contributed by atoms with Crippen molar-refractivity contribution in [3.63, 3.8) is 0 Å². The van der Waals surface area contributed by atoms with Crippen LogP contribution in [-0.4, -0.2) is 62.7 Å². The molecule has 0 aliphatic carbocycles. The fourth-order valence-corrected chi connectivity index (χ4v) is 2.07. The number of anilines is 1. The first-order valence-electron chi connectivity index (χ1n) is 6.84. The third-order valence-electron chi connectivity index (χ3n) is 3.40. The highest BCUT2D eigenvalue weighted by Gasteiger charge is 2.21. The zero-order valence-electron chi connectivity index (χ0n) is 12.1. The van der Waals surface area contributed by atoms with E-state index in [1.54, 1.807) is 12.0 Å². The Labute approximate surface area is 119 Å². The molecular weight excluding hydrogens is 256 g/mol. The number of carbonyl (C=O) groups is 1. The topological polar surface area (TPSA) is 57.7 Å². The Morgan fingerprint density at radius 3 is 2.90 bits per heavy atom. The van der Waals surface area contributed by atoms with Crippen LogP contribution < -0.4 is 10.2 Å². The highest BCUT2D eigenvalue weighted by atomic mass is 16.5. The molecule has 1 amide bonds. The first-order chi connectivity index (χ1) is 9.70. The molecule has 1 aliphatic heterocycles. The fourth-order valence-electron chi connectivity index (χ4n) is 2.07. The molecule has 0 aromatic carbocycles. The summed E-state index contributed by atoms with van der Waals surface area (Å²) in [6.45, 7) is 4.30. The molecule has 1 saturated heterocycles. The largest absolute Gasteiger partial charge is 0.383 e. The van der Waals surface area contributed by atoms with Crippen LogP contribution in [-0.2, 0) is 16.1 Å². The van der Waals surface area contributed by atoms with E-state index in [4.69, 9.17) is 4.74 Å². The van der Waals surface area contributed by atoms with E-state index in [1.807, 2.05) is 30.3 Å².